The predicted octanol–water partition coefficient (Wildman–Crippen LogP) is 2.68. The number of thioether (sulfide) groups is 1. The van der Waals surface area contributed by atoms with Gasteiger partial charge in [0, 0.05) is 12.7 Å². The molecule has 1 heterocycles. The minimum atomic E-state index is -4.48. The Kier molecular flexibility index (Phi) is 4.31. The molecule has 1 aliphatic heterocycles. The molecule has 1 amide bonds. The standard InChI is InChI=1S/C12H12F3N3O2S/c1-17-7-2-3-9(20-6-12(13,14)15)8(4-7)18-10(19)5-21-11(18)16/h2-4,16-17H,5-6H2,1H3. The van der Waals surface area contributed by atoms with Gasteiger partial charge in [-0.3, -0.25) is 15.1 Å². The van der Waals surface area contributed by atoms with Gasteiger partial charge in [-0.15, -0.1) is 0 Å². The zero-order chi connectivity index (χ0) is 15.6. The minimum Gasteiger partial charge on any atom is -0.482 e. The number of ether oxygens (including phenoxy) is 1. The van der Waals surface area contributed by atoms with Gasteiger partial charge in [0.2, 0.25) is 5.91 Å². The molecule has 0 bridgehead atoms. The van der Waals surface area contributed by atoms with Crippen LogP contribution in [0.15, 0.2) is 18.2 Å². The van der Waals surface area contributed by atoms with E-state index >= 15 is 0 Å². The Bertz CT molecular complexity index is 561. The van der Waals surface area contributed by atoms with Crippen LogP contribution in [0.3, 0.4) is 0 Å². The summed E-state index contributed by atoms with van der Waals surface area (Å²) < 4.78 is 41.6. The minimum absolute atomic E-state index is 0.0369. The van der Waals surface area contributed by atoms with Crippen LogP contribution in [0.4, 0.5) is 24.5 Å². The normalized spacial score (nSPS) is 15.5. The van der Waals surface area contributed by atoms with Crippen molar-refractivity contribution in [2.75, 3.05) is 29.6 Å². The molecule has 0 aromatic heterocycles. The monoisotopic (exact) mass is 319 g/mol. The predicted molar refractivity (Wildman–Crippen MR) is 75.2 cm³/mol. The number of anilines is 2. The molecule has 0 saturated carbocycles. The smallest absolute Gasteiger partial charge is 0.422 e. The highest BCUT2D eigenvalue weighted by molar-refractivity contribution is 8.15. The summed E-state index contributed by atoms with van der Waals surface area (Å²) in [5.74, 6) is -0.372. The van der Waals surface area contributed by atoms with Gasteiger partial charge in [-0.25, -0.2) is 0 Å². The van der Waals surface area contributed by atoms with Gasteiger partial charge in [0.15, 0.2) is 11.8 Å². The third-order valence-corrected chi connectivity index (χ3v) is 3.51. The summed E-state index contributed by atoms with van der Waals surface area (Å²) in [4.78, 5) is 12.9. The number of alkyl halides is 3. The van der Waals surface area contributed by atoms with Crippen molar-refractivity contribution in [3.05, 3.63) is 18.2 Å². The average Bonchev–Trinajstić information content (AvgIpc) is 2.75. The summed E-state index contributed by atoms with van der Waals surface area (Å²) in [6.45, 7) is -1.46. The summed E-state index contributed by atoms with van der Waals surface area (Å²) in [5, 5.41) is 10.5. The van der Waals surface area contributed by atoms with Gasteiger partial charge in [-0.1, -0.05) is 11.8 Å². The Morgan fingerprint density at radius 1 is 1.48 bits per heavy atom. The number of halogens is 3. The van der Waals surface area contributed by atoms with Crippen molar-refractivity contribution in [2.45, 2.75) is 6.18 Å². The molecular weight excluding hydrogens is 307 g/mol. The first-order valence-corrected chi connectivity index (χ1v) is 6.86. The molecule has 9 heteroatoms. The second-order valence-corrected chi connectivity index (χ2v) is 5.12. The molecule has 114 valence electrons. The molecule has 1 fully saturated rings. The van der Waals surface area contributed by atoms with Crippen LogP contribution in [0.25, 0.3) is 0 Å². The Hall–Kier alpha value is -1.90. The lowest BCUT2D eigenvalue weighted by Gasteiger charge is -2.20. The third kappa shape index (κ3) is 3.60. The number of amidine groups is 1. The van der Waals surface area contributed by atoms with Crippen LogP contribution in [0, 0.1) is 5.41 Å². The second-order valence-electron chi connectivity index (χ2n) is 4.16. The SMILES string of the molecule is CNc1ccc(OCC(F)(F)F)c(N2C(=N)SCC2=O)c1. The first-order chi connectivity index (χ1) is 9.81. The molecule has 5 nitrogen and oxygen atoms in total. The highest BCUT2D eigenvalue weighted by Crippen LogP contribution is 2.36. The molecule has 21 heavy (non-hydrogen) atoms. The summed E-state index contributed by atoms with van der Waals surface area (Å²) in [6, 6.07) is 4.35. The maximum absolute atomic E-state index is 12.3. The van der Waals surface area contributed by atoms with Gasteiger partial charge in [0.1, 0.15) is 5.75 Å². The summed E-state index contributed by atoms with van der Waals surface area (Å²) >= 11 is 1.02. The van der Waals surface area contributed by atoms with E-state index in [4.69, 9.17) is 10.1 Å². The van der Waals surface area contributed by atoms with Crippen LogP contribution >= 0.6 is 11.8 Å². The van der Waals surface area contributed by atoms with Crippen LogP contribution in [-0.4, -0.2) is 36.7 Å². The van der Waals surface area contributed by atoms with E-state index in [9.17, 15) is 18.0 Å². The van der Waals surface area contributed by atoms with Crippen LogP contribution in [-0.2, 0) is 4.79 Å². The van der Waals surface area contributed by atoms with Gasteiger partial charge < -0.3 is 10.1 Å². The zero-order valence-electron chi connectivity index (χ0n) is 11.0. The van der Waals surface area contributed by atoms with Crippen LogP contribution in [0.2, 0.25) is 0 Å². The molecule has 1 aromatic carbocycles. The maximum Gasteiger partial charge on any atom is 0.422 e. The molecule has 0 atom stereocenters. The number of carbonyl (C=O) groups is 1. The molecular formula is C12H12F3N3O2S. The Morgan fingerprint density at radius 3 is 2.71 bits per heavy atom. The fourth-order valence-corrected chi connectivity index (χ4v) is 2.46. The zero-order valence-corrected chi connectivity index (χ0v) is 11.8. The molecule has 2 N–H and O–H groups in total. The first-order valence-electron chi connectivity index (χ1n) is 5.87. The molecule has 0 spiro atoms. The molecule has 1 saturated heterocycles. The van der Waals surface area contributed by atoms with E-state index in [1.807, 2.05) is 0 Å². The van der Waals surface area contributed by atoms with Crippen LogP contribution < -0.4 is 15.0 Å². The van der Waals surface area contributed by atoms with E-state index in [1.54, 1.807) is 7.05 Å². The van der Waals surface area contributed by atoms with Crippen molar-refractivity contribution in [1.82, 2.24) is 0 Å². The maximum atomic E-state index is 12.3. The summed E-state index contributed by atoms with van der Waals surface area (Å²) in [5.41, 5.74) is 0.730. The highest BCUT2D eigenvalue weighted by atomic mass is 32.2. The van der Waals surface area contributed by atoms with Crippen molar-refractivity contribution in [3.8, 4) is 5.75 Å². The number of nitrogens with zero attached hydrogens (tertiary/aromatic N) is 1. The van der Waals surface area contributed by atoms with Gasteiger partial charge in [-0.2, -0.15) is 13.2 Å². The number of carbonyl (C=O) groups excluding carboxylic acids is 1. The van der Waals surface area contributed by atoms with E-state index in [-0.39, 0.29) is 28.3 Å². The Morgan fingerprint density at radius 2 is 2.19 bits per heavy atom. The van der Waals surface area contributed by atoms with Gasteiger partial charge in [0.25, 0.3) is 0 Å². The van der Waals surface area contributed by atoms with Crippen molar-refractivity contribution < 1.29 is 22.7 Å². The molecule has 2 rings (SSSR count). The van der Waals surface area contributed by atoms with Crippen LogP contribution in [0.1, 0.15) is 0 Å². The van der Waals surface area contributed by atoms with Gasteiger partial charge in [0.05, 0.1) is 11.4 Å². The number of hydrogen-bond acceptors (Lipinski definition) is 5. The largest absolute Gasteiger partial charge is 0.482 e. The first kappa shape index (κ1) is 15.5. The number of amides is 1. The Labute approximate surface area is 123 Å². The third-order valence-electron chi connectivity index (χ3n) is 2.66. The number of rotatable bonds is 4. The van der Waals surface area contributed by atoms with E-state index in [0.29, 0.717) is 5.69 Å². The van der Waals surface area contributed by atoms with Crippen molar-refractivity contribution in [3.63, 3.8) is 0 Å². The van der Waals surface area contributed by atoms with E-state index in [2.05, 4.69) is 5.32 Å². The lowest BCUT2D eigenvalue weighted by atomic mass is 10.2. The van der Waals surface area contributed by atoms with Gasteiger partial charge >= 0.3 is 6.18 Å². The topological polar surface area (TPSA) is 65.4 Å². The Balaban J connectivity index is 2.36. The number of benzene rings is 1. The summed E-state index contributed by atoms with van der Waals surface area (Å²) in [7, 11) is 1.64. The van der Waals surface area contributed by atoms with Gasteiger partial charge in [-0.05, 0) is 18.2 Å². The van der Waals surface area contributed by atoms with Crippen LogP contribution in [0.5, 0.6) is 5.75 Å². The molecule has 0 unspecified atom stereocenters. The highest BCUT2D eigenvalue weighted by Gasteiger charge is 2.33. The lowest BCUT2D eigenvalue weighted by molar-refractivity contribution is -0.153. The second kappa shape index (κ2) is 5.84. The van der Waals surface area contributed by atoms with Crippen molar-refractivity contribution in [2.24, 2.45) is 0 Å². The van der Waals surface area contributed by atoms with Crippen molar-refractivity contribution >= 4 is 34.2 Å². The lowest BCUT2D eigenvalue weighted by Crippen LogP contribution is -2.29. The number of nitrogens with one attached hydrogen (secondary N) is 2. The average molecular weight is 319 g/mol. The van der Waals surface area contributed by atoms with E-state index in [0.717, 1.165) is 16.7 Å². The molecule has 1 aliphatic rings. The fourth-order valence-electron chi connectivity index (χ4n) is 1.75. The van der Waals surface area contributed by atoms with E-state index in [1.165, 1.54) is 18.2 Å². The number of hydrogen-bond donors (Lipinski definition) is 2. The fraction of sp³-hybridized carbons (Fsp3) is 0.333. The quantitative estimate of drug-likeness (QED) is 0.895. The molecule has 0 aliphatic carbocycles. The summed E-state index contributed by atoms with van der Waals surface area (Å²) in [6.07, 6.45) is -4.48. The molecule has 0 radical (unpaired) electrons. The van der Waals surface area contributed by atoms with E-state index < -0.39 is 12.8 Å². The van der Waals surface area contributed by atoms with Crippen molar-refractivity contribution in [1.29, 1.82) is 5.41 Å². The molecule has 1 aromatic rings.